The van der Waals surface area contributed by atoms with Gasteiger partial charge in [0.1, 0.15) is 104 Å². The minimum atomic E-state index is -3.24. The second-order valence-corrected chi connectivity index (χ2v) is 39.5. The molecule has 2 aliphatic heterocycles. The summed E-state index contributed by atoms with van der Waals surface area (Å²) < 4.78 is 105. The van der Waals surface area contributed by atoms with E-state index in [0.717, 1.165) is 101 Å². The second kappa shape index (κ2) is 76.1. The van der Waals surface area contributed by atoms with E-state index in [1.54, 1.807) is 179 Å². The van der Waals surface area contributed by atoms with Crippen LogP contribution >= 0.6 is 11.8 Å². The highest BCUT2D eigenvalue weighted by Crippen LogP contribution is 2.27. The molecule has 35 heteroatoms. The van der Waals surface area contributed by atoms with Crippen LogP contribution in [0.4, 0.5) is 19.2 Å². The van der Waals surface area contributed by atoms with Crippen molar-refractivity contribution < 1.29 is 133 Å². The molecule has 8 N–H and O–H groups in total. The van der Waals surface area contributed by atoms with E-state index in [0.29, 0.717) is 91.3 Å². The lowest BCUT2D eigenvalue weighted by Crippen LogP contribution is -2.37. The van der Waals surface area contributed by atoms with Crippen molar-refractivity contribution in [2.75, 3.05) is 91.8 Å². The molecular formula is C110H170ClN5O28S. The van der Waals surface area contributed by atoms with Gasteiger partial charge in [0.2, 0.25) is 0 Å². The van der Waals surface area contributed by atoms with Crippen LogP contribution in [0.2, 0.25) is 0 Å². The number of benzene rings is 7. The van der Waals surface area contributed by atoms with Crippen molar-refractivity contribution in [1.82, 2.24) is 26.1 Å². The number of aliphatic hydroxyl groups is 1. The monoisotopic (exact) mass is 2080 g/mol. The summed E-state index contributed by atoms with van der Waals surface area (Å²) in [4.78, 5) is 81.8. The van der Waals surface area contributed by atoms with Crippen LogP contribution < -0.4 is 64.0 Å². The van der Waals surface area contributed by atoms with Crippen molar-refractivity contribution in [3.8, 4) is 57.5 Å². The average molecular weight is 2080 g/mol. The van der Waals surface area contributed by atoms with Crippen LogP contribution in [0.25, 0.3) is 0 Å². The van der Waals surface area contributed by atoms with Crippen LogP contribution in [-0.4, -0.2) is 211 Å². The molecule has 0 saturated carbocycles. The van der Waals surface area contributed by atoms with Gasteiger partial charge in [-0.1, -0.05) is 147 Å². The van der Waals surface area contributed by atoms with E-state index in [1.807, 2.05) is 123 Å². The molecule has 0 bridgehead atoms. The highest BCUT2D eigenvalue weighted by Gasteiger charge is 2.23. The molecule has 9 rings (SSSR count). The molecule has 2 heterocycles. The average Bonchev–Trinajstić information content (AvgIpc) is 1.60. The van der Waals surface area contributed by atoms with Gasteiger partial charge in [-0.15, -0.1) is 0 Å². The topological polar surface area (TPSA) is 422 Å². The summed E-state index contributed by atoms with van der Waals surface area (Å²) in [5, 5.41) is 37.8. The molecule has 4 amide bonds. The Morgan fingerprint density at radius 1 is 0.372 bits per heavy atom. The van der Waals surface area contributed by atoms with Crippen LogP contribution in [0.15, 0.2) is 182 Å². The van der Waals surface area contributed by atoms with Crippen molar-refractivity contribution in [3.05, 3.63) is 193 Å². The van der Waals surface area contributed by atoms with Gasteiger partial charge in [0, 0.05) is 76.8 Å². The van der Waals surface area contributed by atoms with Gasteiger partial charge in [-0.3, -0.25) is 8.98 Å². The minimum Gasteiger partial charge on any atom is -0.508 e. The lowest BCUT2D eigenvalue weighted by Gasteiger charge is -2.21. The maximum absolute atomic E-state index is 12.1. The maximum Gasteiger partial charge on any atom is 0.407 e. The van der Waals surface area contributed by atoms with E-state index < -0.39 is 74.9 Å². The fourth-order valence-electron chi connectivity index (χ4n) is 11.3. The van der Waals surface area contributed by atoms with Crippen LogP contribution in [0, 0.1) is 17.8 Å². The lowest BCUT2D eigenvalue weighted by atomic mass is 10.1. The van der Waals surface area contributed by atoms with E-state index in [1.165, 1.54) is 50.8 Å². The molecule has 0 aromatic heterocycles. The van der Waals surface area contributed by atoms with E-state index in [2.05, 4.69) is 62.7 Å². The SMILES string of the molecule is C1CCOC1.C1CCOC1.CCC(CC)COS(C)(=O)=O.CCC(CC)COc1cccc(O[C@@H](C)CNC(=O)OC(C)(C)C)c1.CCC(CC)COc1cccc(O[C@@H](C)CNCl)c1.CCOC(C)=O.C[C@@H](CNC(=O)OC(C)(C)C)Oc1cccc(O)c1.C[C@@H](CNC(=O)OC(C)(C)C)Oc1cccc(OC(=O)c2ccccc2)c1.C[C@@H](O)CNC(=O)OC(C)(C)C.O=C(Oc1cccc(O)c1)c1ccccc1. The summed E-state index contributed by atoms with van der Waals surface area (Å²) in [6.45, 7) is 54.8. The number of phenols is 2. The Balaban J connectivity index is 0.00000165. The Labute approximate surface area is 868 Å². The third-order valence-corrected chi connectivity index (χ3v) is 19.6. The molecule has 816 valence electrons. The fraction of sp³-hybridized carbons (Fsp3) is 0.555. The first kappa shape index (κ1) is 133. The smallest absolute Gasteiger partial charge is 0.407 e. The molecule has 7 aromatic rings. The zero-order chi connectivity index (χ0) is 109. The van der Waals surface area contributed by atoms with Crippen LogP contribution in [-0.2, 0) is 52.3 Å². The van der Waals surface area contributed by atoms with Crippen LogP contribution in [0.5, 0.6) is 57.5 Å². The zero-order valence-corrected chi connectivity index (χ0v) is 92.1. The number of alkyl carbamates (subject to hydrolysis) is 4. The normalized spacial score (nSPS) is 12.8. The summed E-state index contributed by atoms with van der Waals surface area (Å²) in [6.07, 6.45) is 9.50. The molecule has 145 heavy (non-hydrogen) atoms. The summed E-state index contributed by atoms with van der Waals surface area (Å²) in [6, 6.07) is 52.2. The third kappa shape index (κ3) is 77.6. The summed E-state index contributed by atoms with van der Waals surface area (Å²) in [5.41, 5.74) is -1.10. The second-order valence-electron chi connectivity index (χ2n) is 37.6. The van der Waals surface area contributed by atoms with Gasteiger partial charge in [-0.2, -0.15) is 8.42 Å². The Bertz CT molecular complexity index is 4720. The van der Waals surface area contributed by atoms with Crippen molar-refractivity contribution in [1.29, 1.82) is 0 Å². The molecular weight excluding hydrogens is 1910 g/mol. The summed E-state index contributed by atoms with van der Waals surface area (Å²) in [7, 11) is -3.24. The molecule has 2 aliphatic rings. The van der Waals surface area contributed by atoms with Crippen LogP contribution in [0.3, 0.4) is 0 Å². The predicted molar refractivity (Wildman–Crippen MR) is 568 cm³/mol. The van der Waals surface area contributed by atoms with E-state index in [4.69, 9.17) is 83.2 Å². The number of amides is 4. The molecule has 0 radical (unpaired) electrons. The zero-order valence-electron chi connectivity index (χ0n) is 90.5. The van der Waals surface area contributed by atoms with Crippen molar-refractivity contribution in [2.24, 2.45) is 17.8 Å². The number of aliphatic hydroxyl groups excluding tert-OH is 1. The van der Waals surface area contributed by atoms with Gasteiger partial charge < -0.3 is 108 Å². The third-order valence-electron chi connectivity index (χ3n) is 18.9. The molecule has 0 unspecified atom stereocenters. The van der Waals surface area contributed by atoms with Crippen molar-refractivity contribution >= 4 is 64.2 Å². The van der Waals surface area contributed by atoms with Gasteiger partial charge in [0.05, 0.1) is 69.5 Å². The summed E-state index contributed by atoms with van der Waals surface area (Å²) in [5.74, 6) is 5.66. The predicted octanol–water partition coefficient (Wildman–Crippen LogP) is 22.8. The van der Waals surface area contributed by atoms with Gasteiger partial charge in [-0.25, -0.2) is 33.6 Å². The quantitative estimate of drug-likeness (QED) is 0.00586. The molecule has 33 nitrogen and oxygen atoms in total. The number of nitrogens with one attached hydrogen (secondary N) is 5. The van der Waals surface area contributed by atoms with Gasteiger partial charge >= 0.3 is 42.3 Å². The van der Waals surface area contributed by atoms with Gasteiger partial charge in [0.15, 0.2) is 0 Å². The Morgan fingerprint density at radius 3 is 0.903 bits per heavy atom. The molecule has 0 spiro atoms. The number of hydrogen-bond donors (Lipinski definition) is 8. The number of ether oxygens (including phenoxy) is 15. The van der Waals surface area contributed by atoms with Crippen molar-refractivity contribution in [3.63, 3.8) is 0 Å². The first-order chi connectivity index (χ1) is 68.2. The Morgan fingerprint density at radius 2 is 0.641 bits per heavy atom. The number of carbonyl (C=O) groups excluding carboxylic acids is 7. The number of halogens is 1. The maximum atomic E-state index is 12.1. The Hall–Kier alpha value is -11.5. The highest BCUT2D eigenvalue weighted by atomic mass is 35.5. The number of rotatable bonds is 38. The number of hydrogen-bond acceptors (Lipinski definition) is 29. The number of phenolic OH excluding ortho intramolecular Hbond substituents is 2. The summed E-state index contributed by atoms with van der Waals surface area (Å²) >= 11 is 5.46. The molecule has 0 aliphatic carbocycles. The van der Waals surface area contributed by atoms with Gasteiger partial charge in [-0.05, 0) is 265 Å². The molecule has 2 saturated heterocycles. The number of aromatic hydroxyl groups is 2. The first-order valence-corrected chi connectivity index (χ1v) is 51.8. The largest absolute Gasteiger partial charge is 0.508 e. The number of carbonyl (C=O) groups is 7. The van der Waals surface area contributed by atoms with E-state index >= 15 is 0 Å². The van der Waals surface area contributed by atoms with Crippen LogP contribution in [0.1, 0.15) is 258 Å². The lowest BCUT2D eigenvalue weighted by molar-refractivity contribution is -0.140. The molecule has 5 atom stereocenters. The van der Waals surface area contributed by atoms with Crippen molar-refractivity contribution in [2.45, 2.75) is 290 Å². The standard InChI is InChI=1S/C21H25NO5.C20H33NO4.C15H24ClNO2.C14H21NO4.C13H10O3.C8H17NO3.C7H16O3S.C4H8O2.2C4H8O/c1-15(14-22-20(24)27-21(2,3)4)25-17-11-8-12-18(13-17)26-19(23)16-9-6-5-7-10-16;1-7-16(8-2)14-23-17-10-9-11-18(12-17)24-15(3)13-21-19(22)25-20(4,5)6;1-4-13(5-2)11-18-14-7-6-8-15(9-14)19-12(3)10-17-16;1-10(9-15-13(17)19-14(2,3)4)18-12-7-5-6-11(16)8-12;14-11-7-4-8-12(9-11)16-13(15)10-5-2-1-3-6-10;1-6(10)5-9-7(11)12-8(2,3)4;1-4-7(5-2)6-10-11(3,8)9;1-3-6-4(2)5;2*1-2-4-5-3-1/h5-13,15H,14H2,1-4H3,(H,22,24);9-12,15-16H,7-8,13-14H2,1-6H3,(H,21,22);6-9,12-13,17H,4-5,10-11H2,1-3H3;5-8,10,16H,9H2,1-4H3,(H,15,17);1-9,14H;6,10H,5H2,1-4H3,(H,9,11);7H,4-6H2,1-3H3;3H2,1-2H3;2*1-4H2/t2*15-;12-;10-;;6-;;;;/m0000.1..../s1. The first-order valence-electron chi connectivity index (χ1n) is 49.6. The minimum absolute atomic E-state index is 0.0202. The highest BCUT2D eigenvalue weighted by molar-refractivity contribution is 7.86. The number of esters is 3. The Kier molecular flexibility index (Phi) is 70.0. The van der Waals surface area contributed by atoms with Gasteiger partial charge in [0.25, 0.3) is 10.1 Å². The molecule has 2 fully saturated rings. The fourth-order valence-corrected chi connectivity index (χ4v) is 11.9. The van der Waals surface area contributed by atoms with E-state index in [-0.39, 0.29) is 55.0 Å². The van der Waals surface area contributed by atoms with E-state index in [9.17, 15) is 52.2 Å². The molecule has 7 aromatic carbocycles.